The monoisotopic (exact) mass is 297 g/mol. The van der Waals surface area contributed by atoms with Crippen molar-refractivity contribution >= 4 is 5.97 Å². The van der Waals surface area contributed by atoms with Gasteiger partial charge in [-0.15, -0.1) is 5.57 Å². The molecular formula is C6H9O2W+. The molecule has 0 N–H and O–H groups in total. The van der Waals surface area contributed by atoms with Gasteiger partial charge in [-0.1, -0.05) is 0 Å². The van der Waals surface area contributed by atoms with E-state index in [0.29, 0.717) is 6.61 Å². The molecule has 0 aromatic heterocycles. The molecule has 0 aliphatic rings. The summed E-state index contributed by atoms with van der Waals surface area (Å²) in [4.78, 5) is 10.4. The van der Waals surface area contributed by atoms with Gasteiger partial charge >= 0.3 is 21.1 Å². The van der Waals surface area contributed by atoms with Crippen molar-refractivity contribution in [2.75, 3.05) is 6.61 Å². The van der Waals surface area contributed by atoms with Crippen molar-refractivity contribution in [1.82, 2.24) is 0 Å². The zero-order chi connectivity index (χ0) is 6.57. The number of hydrogen-bond acceptors (Lipinski definition) is 2. The van der Waals surface area contributed by atoms with Crippen LogP contribution in [0.3, 0.4) is 0 Å². The summed E-state index contributed by atoms with van der Waals surface area (Å²) in [5, 5.41) is 0. The van der Waals surface area contributed by atoms with E-state index in [-0.39, 0.29) is 26.6 Å². The van der Waals surface area contributed by atoms with Crippen molar-refractivity contribution in [2.45, 2.75) is 6.92 Å². The SMILES string of the molecule is C=C([CH2-])C(=O)OCC.[W+2]. The zero-order valence-corrected chi connectivity index (χ0v) is 8.28. The summed E-state index contributed by atoms with van der Waals surface area (Å²) >= 11 is 0. The topological polar surface area (TPSA) is 26.3 Å². The van der Waals surface area contributed by atoms with E-state index in [1.165, 1.54) is 0 Å². The number of ether oxygens (including phenoxy) is 1. The summed E-state index contributed by atoms with van der Waals surface area (Å²) in [6.45, 7) is 8.70. The summed E-state index contributed by atoms with van der Waals surface area (Å²) in [7, 11) is 0. The van der Waals surface area contributed by atoms with Crippen molar-refractivity contribution in [3.05, 3.63) is 19.1 Å². The summed E-state index contributed by atoms with van der Waals surface area (Å²) in [6.07, 6.45) is 0. The number of hydrogen-bond donors (Lipinski definition) is 0. The Hall–Kier alpha value is -0.232. The number of carbonyl (C=O) groups is 1. The van der Waals surface area contributed by atoms with Crippen LogP contribution in [-0.4, -0.2) is 12.6 Å². The first-order valence-electron chi connectivity index (χ1n) is 2.36. The van der Waals surface area contributed by atoms with Gasteiger partial charge < -0.3 is 9.53 Å². The Labute approximate surface area is 69.5 Å². The minimum atomic E-state index is -0.424. The molecule has 50 valence electrons. The Morgan fingerprint density at radius 1 is 1.78 bits per heavy atom. The second-order valence-corrected chi connectivity index (χ2v) is 1.32. The Kier molecular flexibility index (Phi) is 7.57. The molecular weight excluding hydrogens is 288 g/mol. The van der Waals surface area contributed by atoms with Crippen LogP contribution in [0.2, 0.25) is 0 Å². The third-order valence-corrected chi connectivity index (χ3v) is 0.564. The van der Waals surface area contributed by atoms with Gasteiger partial charge in [-0.3, -0.25) is 0 Å². The molecule has 9 heavy (non-hydrogen) atoms. The van der Waals surface area contributed by atoms with Crippen LogP contribution in [0.25, 0.3) is 0 Å². The van der Waals surface area contributed by atoms with E-state index in [4.69, 9.17) is 0 Å². The van der Waals surface area contributed by atoms with Crippen LogP contribution >= 0.6 is 0 Å². The molecule has 0 bridgehead atoms. The van der Waals surface area contributed by atoms with Crippen molar-refractivity contribution in [1.29, 1.82) is 0 Å². The maximum atomic E-state index is 10.4. The number of carbonyl (C=O) groups excluding carboxylic acids is 1. The molecule has 0 atom stereocenters. The fourth-order valence-electron chi connectivity index (χ4n) is 0.233. The second kappa shape index (κ2) is 5.90. The first-order valence-corrected chi connectivity index (χ1v) is 2.36. The molecule has 3 heteroatoms. The molecule has 0 amide bonds. The molecule has 0 saturated carbocycles. The molecule has 0 rings (SSSR count). The molecule has 0 fully saturated rings. The minimum absolute atomic E-state index is 0. The van der Waals surface area contributed by atoms with E-state index < -0.39 is 5.97 Å². The summed E-state index contributed by atoms with van der Waals surface area (Å²) in [5.74, 6) is -0.424. The molecule has 0 saturated heterocycles. The standard InChI is InChI=1S/C6H9O2.W/c1-4-8-6(7)5(2)3;/h2-4H2,1H3;/q-1;+2. The summed E-state index contributed by atoms with van der Waals surface area (Å²) in [6, 6.07) is 0. The molecule has 0 aromatic carbocycles. The van der Waals surface area contributed by atoms with Crippen molar-refractivity contribution in [3.63, 3.8) is 0 Å². The van der Waals surface area contributed by atoms with E-state index >= 15 is 0 Å². The van der Waals surface area contributed by atoms with E-state index in [2.05, 4.69) is 18.2 Å². The van der Waals surface area contributed by atoms with E-state index in [1.54, 1.807) is 6.92 Å². The third kappa shape index (κ3) is 5.64. The normalized spacial score (nSPS) is 7.22. The summed E-state index contributed by atoms with van der Waals surface area (Å²) in [5.41, 5.74) is 0.201. The van der Waals surface area contributed by atoms with Crippen molar-refractivity contribution in [2.24, 2.45) is 0 Å². The second-order valence-electron chi connectivity index (χ2n) is 1.32. The van der Waals surface area contributed by atoms with Crippen LogP contribution in [-0.2, 0) is 30.6 Å². The van der Waals surface area contributed by atoms with E-state index in [9.17, 15) is 4.79 Å². The van der Waals surface area contributed by atoms with Gasteiger partial charge in [-0.2, -0.15) is 13.5 Å². The maximum absolute atomic E-state index is 10.4. The van der Waals surface area contributed by atoms with Gasteiger partial charge in [0.05, 0.1) is 6.61 Å². The molecule has 0 unspecified atom stereocenters. The largest absolute Gasteiger partial charge is 2.00 e. The van der Waals surface area contributed by atoms with Crippen LogP contribution < -0.4 is 0 Å². The van der Waals surface area contributed by atoms with Gasteiger partial charge in [0, 0.05) is 0 Å². The number of rotatable bonds is 2. The van der Waals surface area contributed by atoms with Gasteiger partial charge in [-0.05, 0) is 6.92 Å². The molecule has 0 heterocycles. The number of esters is 1. The molecule has 2 nitrogen and oxygen atoms in total. The Morgan fingerprint density at radius 2 is 2.22 bits per heavy atom. The molecule has 0 aliphatic carbocycles. The van der Waals surface area contributed by atoms with Gasteiger partial charge in [0.15, 0.2) is 0 Å². The third-order valence-electron chi connectivity index (χ3n) is 0.564. The Bertz CT molecular complexity index is 110. The van der Waals surface area contributed by atoms with Crippen LogP contribution in [0, 0.1) is 6.92 Å². The van der Waals surface area contributed by atoms with Gasteiger partial charge in [0.2, 0.25) is 5.97 Å². The van der Waals surface area contributed by atoms with Crippen LogP contribution in [0.15, 0.2) is 12.2 Å². The van der Waals surface area contributed by atoms with E-state index in [0.717, 1.165) is 0 Å². The van der Waals surface area contributed by atoms with E-state index in [1.807, 2.05) is 0 Å². The molecule has 0 radical (unpaired) electrons. The van der Waals surface area contributed by atoms with Gasteiger partial charge in [0.1, 0.15) is 0 Å². The van der Waals surface area contributed by atoms with Gasteiger partial charge in [-0.25, -0.2) is 0 Å². The zero-order valence-electron chi connectivity index (χ0n) is 5.35. The Balaban J connectivity index is 0. The average Bonchev–Trinajstić information content (AvgIpc) is 1.67. The van der Waals surface area contributed by atoms with Crippen molar-refractivity contribution < 1.29 is 30.6 Å². The van der Waals surface area contributed by atoms with Crippen molar-refractivity contribution in [3.8, 4) is 0 Å². The predicted octanol–water partition coefficient (Wildman–Crippen LogP) is 0.937. The van der Waals surface area contributed by atoms with Crippen LogP contribution in [0.4, 0.5) is 0 Å². The fourth-order valence-corrected chi connectivity index (χ4v) is 0.233. The smallest absolute Gasteiger partial charge is 0.520 e. The maximum Gasteiger partial charge on any atom is 2.00 e. The first kappa shape index (κ1) is 11.6. The first-order chi connectivity index (χ1) is 3.68. The van der Waals surface area contributed by atoms with Gasteiger partial charge in [0.25, 0.3) is 0 Å². The minimum Gasteiger partial charge on any atom is -0.520 e. The predicted molar refractivity (Wildman–Crippen MR) is 31.1 cm³/mol. The average molecular weight is 297 g/mol. The Morgan fingerprint density at radius 3 is 2.33 bits per heavy atom. The molecule has 0 spiro atoms. The molecule has 0 aliphatic heterocycles. The quantitative estimate of drug-likeness (QED) is 0.431. The van der Waals surface area contributed by atoms with Crippen LogP contribution in [0.1, 0.15) is 6.92 Å². The van der Waals surface area contributed by atoms with Crippen LogP contribution in [0.5, 0.6) is 0 Å². The fraction of sp³-hybridized carbons (Fsp3) is 0.333. The summed E-state index contributed by atoms with van der Waals surface area (Å²) < 4.78 is 4.50. The molecule has 0 aromatic rings.